The summed E-state index contributed by atoms with van der Waals surface area (Å²) in [5.74, 6) is -1.29. The molecule has 0 radical (unpaired) electrons. The fourth-order valence-electron chi connectivity index (χ4n) is 4.27. The normalized spacial score (nSPS) is 12.3. The number of carbonyl (C=O) groups excluding carboxylic acids is 2. The van der Waals surface area contributed by atoms with Gasteiger partial charge in [0.25, 0.3) is 11.8 Å². The quantitative estimate of drug-likeness (QED) is 0.416. The number of carbonyl (C=O) groups is 2. The van der Waals surface area contributed by atoms with Crippen LogP contribution in [-0.2, 0) is 20.0 Å². The van der Waals surface area contributed by atoms with Gasteiger partial charge in [-0.2, -0.15) is 15.2 Å². The first-order valence-corrected chi connectivity index (χ1v) is 11.0. The minimum Gasteiger partial charge on any atom is -0.365 e. The van der Waals surface area contributed by atoms with Crippen LogP contribution in [0.4, 0.5) is 21.8 Å². The molecule has 0 fully saturated rings. The molecule has 1 aliphatic rings. The van der Waals surface area contributed by atoms with Crippen LogP contribution in [0.1, 0.15) is 37.4 Å². The van der Waals surface area contributed by atoms with Crippen LogP contribution < -0.4 is 16.4 Å². The summed E-state index contributed by atoms with van der Waals surface area (Å²) < 4.78 is 18.6. The fraction of sp³-hybridized carbons (Fsp3) is 0.208. The number of hydrogen-bond acceptors (Lipinski definition) is 6. The molecule has 0 unspecified atom stereocenters. The van der Waals surface area contributed by atoms with Crippen molar-refractivity contribution in [1.82, 2.24) is 24.5 Å². The van der Waals surface area contributed by atoms with Crippen molar-refractivity contribution >= 4 is 29.3 Å². The Bertz CT molecular complexity index is 1500. The van der Waals surface area contributed by atoms with Crippen molar-refractivity contribution in [2.24, 2.45) is 12.8 Å². The number of halogens is 1. The van der Waals surface area contributed by atoms with Gasteiger partial charge in [-0.15, -0.1) is 0 Å². The molecule has 5 rings (SSSR count). The second kappa shape index (κ2) is 8.35. The predicted octanol–water partition coefficient (Wildman–Crippen LogP) is 3.09. The zero-order valence-electron chi connectivity index (χ0n) is 19.4. The predicted molar refractivity (Wildman–Crippen MR) is 128 cm³/mol. The molecule has 0 saturated heterocycles. The molecule has 0 spiro atoms. The Morgan fingerprint density at radius 2 is 2.00 bits per heavy atom. The standard InChI is InChI=1S/C24H23FN8O2/c1-12-4-7-17-14(10-12)8-9-33-22(29-17)18(21(26)34)20(31-33)16-6-5-15(13(2)19(16)25)23(35)30-24-27-11-28-32(24)3/h4-7,10-11,29H,8-9H2,1-3H3,(H2,26,34)(H,27,28,30,35). The van der Waals surface area contributed by atoms with Gasteiger partial charge in [0.1, 0.15) is 29.2 Å². The Kier molecular flexibility index (Phi) is 5.31. The van der Waals surface area contributed by atoms with Crippen molar-refractivity contribution < 1.29 is 14.0 Å². The highest BCUT2D eigenvalue weighted by Gasteiger charge is 2.28. The summed E-state index contributed by atoms with van der Waals surface area (Å²) in [4.78, 5) is 29.2. The number of nitrogens with one attached hydrogen (secondary N) is 2. The highest BCUT2D eigenvalue weighted by molar-refractivity contribution is 6.06. The Morgan fingerprint density at radius 1 is 1.20 bits per heavy atom. The number of fused-ring (bicyclic) bond motifs is 2. The van der Waals surface area contributed by atoms with Gasteiger partial charge in [0.05, 0.1) is 0 Å². The Morgan fingerprint density at radius 3 is 2.71 bits per heavy atom. The van der Waals surface area contributed by atoms with Crippen LogP contribution in [0.5, 0.6) is 0 Å². The monoisotopic (exact) mass is 474 g/mol. The van der Waals surface area contributed by atoms with E-state index in [4.69, 9.17) is 5.73 Å². The summed E-state index contributed by atoms with van der Waals surface area (Å²) in [5, 5.41) is 14.3. The van der Waals surface area contributed by atoms with E-state index < -0.39 is 17.6 Å². The van der Waals surface area contributed by atoms with Crippen LogP contribution >= 0.6 is 0 Å². The van der Waals surface area contributed by atoms with E-state index in [9.17, 15) is 9.59 Å². The summed E-state index contributed by atoms with van der Waals surface area (Å²) in [5.41, 5.74) is 9.32. The fourth-order valence-corrected chi connectivity index (χ4v) is 4.27. The Balaban J connectivity index is 1.56. The molecular weight excluding hydrogens is 451 g/mol. The Hall–Kier alpha value is -4.54. The molecule has 10 nitrogen and oxygen atoms in total. The van der Waals surface area contributed by atoms with Gasteiger partial charge < -0.3 is 11.1 Å². The topological polar surface area (TPSA) is 133 Å². The largest absolute Gasteiger partial charge is 0.365 e. The number of aromatic nitrogens is 5. The molecule has 2 amide bonds. The first-order valence-electron chi connectivity index (χ1n) is 11.0. The molecule has 4 aromatic rings. The zero-order valence-corrected chi connectivity index (χ0v) is 19.4. The third-order valence-electron chi connectivity index (χ3n) is 6.13. The summed E-state index contributed by atoms with van der Waals surface area (Å²) in [6.45, 7) is 3.99. The number of rotatable bonds is 4. The molecule has 178 valence electrons. The second-order valence-electron chi connectivity index (χ2n) is 8.46. The van der Waals surface area contributed by atoms with E-state index in [2.05, 4.69) is 31.9 Å². The molecule has 0 saturated carbocycles. The summed E-state index contributed by atoms with van der Waals surface area (Å²) in [7, 11) is 1.63. The van der Waals surface area contributed by atoms with Crippen LogP contribution in [0.15, 0.2) is 36.7 Å². The highest BCUT2D eigenvalue weighted by atomic mass is 19.1. The lowest BCUT2D eigenvalue weighted by molar-refractivity contribution is 0.0998. The zero-order chi connectivity index (χ0) is 24.9. The number of aryl methyl sites for hydroxylation is 4. The van der Waals surface area contributed by atoms with Crippen molar-refractivity contribution in [2.45, 2.75) is 26.8 Å². The molecule has 4 N–H and O–H groups in total. The number of anilines is 3. The minimum atomic E-state index is -0.731. The van der Waals surface area contributed by atoms with Gasteiger partial charge in [-0.05, 0) is 49.6 Å². The number of nitrogens with zero attached hydrogens (tertiary/aromatic N) is 5. The van der Waals surface area contributed by atoms with Crippen LogP contribution in [-0.4, -0.2) is 36.4 Å². The second-order valence-corrected chi connectivity index (χ2v) is 8.46. The molecule has 2 aromatic heterocycles. The van der Waals surface area contributed by atoms with E-state index in [1.807, 2.05) is 19.1 Å². The van der Waals surface area contributed by atoms with Crippen molar-refractivity contribution in [3.63, 3.8) is 0 Å². The maximum Gasteiger partial charge on any atom is 0.258 e. The maximum absolute atomic E-state index is 15.6. The minimum absolute atomic E-state index is 0.0815. The summed E-state index contributed by atoms with van der Waals surface area (Å²) in [6.07, 6.45) is 1.98. The molecule has 2 aromatic carbocycles. The van der Waals surface area contributed by atoms with Gasteiger partial charge >= 0.3 is 0 Å². The number of nitrogens with two attached hydrogens (primary N) is 1. The van der Waals surface area contributed by atoms with Crippen molar-refractivity contribution in [2.75, 3.05) is 10.6 Å². The summed E-state index contributed by atoms with van der Waals surface area (Å²) in [6, 6.07) is 8.90. The third-order valence-corrected chi connectivity index (χ3v) is 6.13. The van der Waals surface area contributed by atoms with Crippen LogP contribution in [0, 0.1) is 19.7 Å². The number of benzene rings is 2. The van der Waals surface area contributed by atoms with Gasteiger partial charge in [0.15, 0.2) is 0 Å². The smallest absolute Gasteiger partial charge is 0.258 e. The number of amides is 2. The molecule has 35 heavy (non-hydrogen) atoms. The lowest BCUT2D eigenvalue weighted by Crippen LogP contribution is -2.17. The van der Waals surface area contributed by atoms with Gasteiger partial charge in [0, 0.05) is 30.4 Å². The van der Waals surface area contributed by atoms with E-state index in [1.54, 1.807) is 11.7 Å². The molecule has 0 atom stereocenters. The molecule has 0 bridgehead atoms. The lowest BCUT2D eigenvalue weighted by Gasteiger charge is -2.12. The molecule has 1 aliphatic heterocycles. The average molecular weight is 475 g/mol. The van der Waals surface area contributed by atoms with E-state index in [0.717, 1.165) is 16.8 Å². The Labute approximate surface area is 200 Å². The third kappa shape index (κ3) is 3.80. The maximum atomic E-state index is 15.6. The first kappa shape index (κ1) is 22.3. The summed E-state index contributed by atoms with van der Waals surface area (Å²) >= 11 is 0. The molecule has 11 heteroatoms. The van der Waals surface area contributed by atoms with Gasteiger partial charge in [-0.1, -0.05) is 17.7 Å². The van der Waals surface area contributed by atoms with Crippen LogP contribution in [0.25, 0.3) is 11.3 Å². The first-order chi connectivity index (χ1) is 16.7. The average Bonchev–Trinajstić information content (AvgIpc) is 3.33. The van der Waals surface area contributed by atoms with E-state index in [1.165, 1.54) is 30.1 Å². The van der Waals surface area contributed by atoms with Crippen molar-refractivity contribution in [3.05, 3.63) is 70.3 Å². The van der Waals surface area contributed by atoms with Crippen molar-refractivity contribution in [3.8, 4) is 11.3 Å². The van der Waals surface area contributed by atoms with E-state index in [0.29, 0.717) is 18.8 Å². The van der Waals surface area contributed by atoms with E-state index in [-0.39, 0.29) is 33.9 Å². The van der Waals surface area contributed by atoms with Crippen molar-refractivity contribution in [1.29, 1.82) is 0 Å². The lowest BCUT2D eigenvalue weighted by atomic mass is 9.99. The number of hydrogen-bond donors (Lipinski definition) is 3. The van der Waals surface area contributed by atoms with Gasteiger partial charge in [-0.25, -0.2) is 13.8 Å². The van der Waals surface area contributed by atoms with Crippen LogP contribution in [0.3, 0.4) is 0 Å². The van der Waals surface area contributed by atoms with Crippen LogP contribution in [0.2, 0.25) is 0 Å². The van der Waals surface area contributed by atoms with Gasteiger partial charge in [0.2, 0.25) is 5.95 Å². The van der Waals surface area contributed by atoms with Gasteiger partial charge in [-0.3, -0.25) is 14.9 Å². The molecule has 3 heterocycles. The SMILES string of the molecule is Cc1ccc2c(c1)CCn1nc(-c3ccc(C(=O)Nc4ncnn4C)c(C)c3F)c(C(N)=O)c1N2. The molecular formula is C24H23FN8O2. The van der Waals surface area contributed by atoms with E-state index >= 15 is 4.39 Å². The highest BCUT2D eigenvalue weighted by Crippen LogP contribution is 2.36. The number of primary amides is 1. The molecule has 0 aliphatic carbocycles.